The van der Waals surface area contributed by atoms with Gasteiger partial charge < -0.3 is 4.42 Å². The number of aryl methyl sites for hydroxylation is 1. The average Bonchev–Trinajstić information content (AvgIpc) is 2.84. The normalized spacial score (nSPS) is 11.5. The molecule has 0 N–H and O–H groups in total. The van der Waals surface area contributed by atoms with E-state index in [1.54, 1.807) is 13.0 Å². The lowest BCUT2D eigenvalue weighted by atomic mass is 10.2. The predicted octanol–water partition coefficient (Wildman–Crippen LogP) is 2.28. The summed E-state index contributed by atoms with van der Waals surface area (Å²) in [5.74, 6) is 0.701. The van der Waals surface area contributed by atoms with E-state index in [4.69, 9.17) is 9.68 Å². The van der Waals surface area contributed by atoms with Crippen molar-refractivity contribution in [2.75, 3.05) is 7.05 Å². The molecule has 0 amide bonds. The molecule has 0 bridgehead atoms. The predicted molar refractivity (Wildman–Crippen MR) is 73.3 cm³/mol. The Hall–Kier alpha value is -2.10. The molecule has 6 heteroatoms. The number of sulfonamides is 1. The van der Waals surface area contributed by atoms with Gasteiger partial charge in [-0.1, -0.05) is 0 Å². The van der Waals surface area contributed by atoms with Crippen LogP contribution < -0.4 is 0 Å². The molecule has 0 aliphatic rings. The van der Waals surface area contributed by atoms with Crippen molar-refractivity contribution in [3.8, 4) is 6.07 Å². The first-order chi connectivity index (χ1) is 9.45. The summed E-state index contributed by atoms with van der Waals surface area (Å²) in [6, 6.07) is 9.56. The molecule has 5 nitrogen and oxygen atoms in total. The van der Waals surface area contributed by atoms with Gasteiger partial charge in [-0.3, -0.25) is 0 Å². The van der Waals surface area contributed by atoms with Gasteiger partial charge in [0.25, 0.3) is 0 Å². The van der Waals surface area contributed by atoms with Gasteiger partial charge in [-0.25, -0.2) is 8.42 Å². The summed E-state index contributed by atoms with van der Waals surface area (Å²) in [7, 11) is -2.06. The quantitative estimate of drug-likeness (QED) is 0.865. The summed E-state index contributed by atoms with van der Waals surface area (Å²) in [5, 5.41) is 8.72. The van der Waals surface area contributed by atoms with Crippen molar-refractivity contribution >= 4 is 10.0 Å². The minimum Gasteiger partial charge on any atom is -0.469 e. The highest BCUT2D eigenvalue weighted by atomic mass is 32.2. The standard InChI is InChI=1S/C14H14N2O3S/c1-11-13(7-8-19-11)10-16(2)20(17,18)14-5-3-12(9-15)4-6-14/h3-8H,10H2,1-2H3. The van der Waals surface area contributed by atoms with Gasteiger partial charge in [0, 0.05) is 19.2 Å². The molecule has 2 aromatic rings. The van der Waals surface area contributed by atoms with Gasteiger partial charge in [-0.2, -0.15) is 9.57 Å². The van der Waals surface area contributed by atoms with Crippen LogP contribution in [0, 0.1) is 18.3 Å². The molecular weight excluding hydrogens is 276 g/mol. The molecule has 1 aromatic heterocycles. The fourth-order valence-corrected chi connectivity index (χ4v) is 2.93. The Morgan fingerprint density at radius 3 is 2.40 bits per heavy atom. The lowest BCUT2D eigenvalue weighted by Gasteiger charge is -2.16. The third-order valence-corrected chi connectivity index (χ3v) is 4.87. The molecule has 104 valence electrons. The molecule has 0 saturated carbocycles. The zero-order valence-electron chi connectivity index (χ0n) is 11.2. The van der Waals surface area contributed by atoms with Crippen LogP contribution in [0.1, 0.15) is 16.9 Å². The van der Waals surface area contributed by atoms with Crippen molar-refractivity contribution in [2.24, 2.45) is 0 Å². The Bertz CT molecular complexity index is 739. The van der Waals surface area contributed by atoms with Crippen LogP contribution in [0.3, 0.4) is 0 Å². The zero-order chi connectivity index (χ0) is 14.8. The second-order valence-corrected chi connectivity index (χ2v) is 6.44. The maximum absolute atomic E-state index is 12.4. The fourth-order valence-electron chi connectivity index (χ4n) is 1.78. The highest BCUT2D eigenvalue weighted by Gasteiger charge is 2.21. The van der Waals surface area contributed by atoms with Crippen molar-refractivity contribution in [1.29, 1.82) is 5.26 Å². The van der Waals surface area contributed by atoms with Gasteiger partial charge in [0.15, 0.2) is 0 Å². The zero-order valence-corrected chi connectivity index (χ0v) is 12.0. The molecule has 0 spiro atoms. The van der Waals surface area contributed by atoms with Crippen LogP contribution in [-0.4, -0.2) is 19.8 Å². The van der Waals surface area contributed by atoms with E-state index in [9.17, 15) is 8.42 Å². The number of hydrogen-bond donors (Lipinski definition) is 0. The van der Waals surface area contributed by atoms with E-state index < -0.39 is 10.0 Å². The Balaban J connectivity index is 2.25. The largest absolute Gasteiger partial charge is 0.469 e. The van der Waals surface area contributed by atoms with E-state index in [0.29, 0.717) is 11.3 Å². The van der Waals surface area contributed by atoms with Crippen LogP contribution in [-0.2, 0) is 16.6 Å². The number of benzene rings is 1. The molecule has 1 aromatic carbocycles. The number of nitrogens with zero attached hydrogens (tertiary/aromatic N) is 2. The van der Waals surface area contributed by atoms with Gasteiger partial charge in [0.2, 0.25) is 10.0 Å². The highest BCUT2D eigenvalue weighted by molar-refractivity contribution is 7.89. The first-order valence-corrected chi connectivity index (χ1v) is 7.38. The smallest absolute Gasteiger partial charge is 0.243 e. The van der Waals surface area contributed by atoms with Gasteiger partial charge in [-0.15, -0.1) is 0 Å². The summed E-state index contributed by atoms with van der Waals surface area (Å²) in [4.78, 5) is 0.167. The maximum Gasteiger partial charge on any atom is 0.243 e. The Labute approximate surface area is 118 Å². The average molecular weight is 290 g/mol. The van der Waals surface area contributed by atoms with E-state index in [0.717, 1.165) is 5.56 Å². The molecule has 0 radical (unpaired) electrons. The minimum absolute atomic E-state index is 0.167. The molecule has 0 saturated heterocycles. The number of rotatable bonds is 4. The van der Waals surface area contributed by atoms with Crippen molar-refractivity contribution in [3.63, 3.8) is 0 Å². The molecule has 0 aliphatic carbocycles. The summed E-state index contributed by atoms with van der Waals surface area (Å²) >= 11 is 0. The van der Waals surface area contributed by atoms with E-state index in [1.165, 1.54) is 41.9 Å². The summed E-state index contributed by atoms with van der Waals surface area (Å²) in [6.45, 7) is 2.03. The van der Waals surface area contributed by atoms with Crippen LogP contribution >= 0.6 is 0 Å². The van der Waals surface area contributed by atoms with Crippen molar-refractivity contribution < 1.29 is 12.8 Å². The summed E-state index contributed by atoms with van der Waals surface area (Å²) < 4.78 is 31.2. The molecule has 0 unspecified atom stereocenters. The lowest BCUT2D eigenvalue weighted by Crippen LogP contribution is -2.26. The number of nitriles is 1. The maximum atomic E-state index is 12.4. The molecular formula is C14H14N2O3S. The second kappa shape index (κ2) is 5.49. The molecule has 0 atom stereocenters. The van der Waals surface area contributed by atoms with E-state index in [-0.39, 0.29) is 11.4 Å². The Morgan fingerprint density at radius 2 is 1.90 bits per heavy atom. The van der Waals surface area contributed by atoms with Crippen LogP contribution in [0.15, 0.2) is 45.9 Å². The van der Waals surface area contributed by atoms with E-state index in [1.807, 2.05) is 6.07 Å². The van der Waals surface area contributed by atoms with Crippen LogP contribution in [0.25, 0.3) is 0 Å². The van der Waals surface area contributed by atoms with Gasteiger partial charge >= 0.3 is 0 Å². The third-order valence-electron chi connectivity index (χ3n) is 3.05. The van der Waals surface area contributed by atoms with E-state index >= 15 is 0 Å². The molecule has 2 rings (SSSR count). The Kier molecular flexibility index (Phi) is 3.93. The molecule has 20 heavy (non-hydrogen) atoms. The minimum atomic E-state index is -3.57. The topological polar surface area (TPSA) is 74.3 Å². The molecule has 0 aliphatic heterocycles. The Morgan fingerprint density at radius 1 is 1.25 bits per heavy atom. The molecule has 1 heterocycles. The van der Waals surface area contributed by atoms with Crippen molar-refractivity contribution in [3.05, 3.63) is 53.5 Å². The van der Waals surface area contributed by atoms with Gasteiger partial charge in [-0.05, 0) is 37.3 Å². The van der Waals surface area contributed by atoms with Crippen LogP contribution in [0.2, 0.25) is 0 Å². The van der Waals surface area contributed by atoms with Crippen LogP contribution in [0.4, 0.5) is 0 Å². The van der Waals surface area contributed by atoms with Crippen molar-refractivity contribution in [2.45, 2.75) is 18.4 Å². The number of hydrogen-bond acceptors (Lipinski definition) is 4. The second-order valence-electron chi connectivity index (χ2n) is 4.40. The monoisotopic (exact) mass is 290 g/mol. The number of furan rings is 1. The van der Waals surface area contributed by atoms with Crippen LogP contribution in [0.5, 0.6) is 0 Å². The summed E-state index contributed by atoms with van der Waals surface area (Å²) in [6.07, 6.45) is 1.53. The van der Waals surface area contributed by atoms with Gasteiger partial charge in [0.05, 0.1) is 22.8 Å². The van der Waals surface area contributed by atoms with E-state index in [2.05, 4.69) is 0 Å². The molecule has 0 fully saturated rings. The summed E-state index contributed by atoms with van der Waals surface area (Å²) in [5.41, 5.74) is 1.25. The first kappa shape index (κ1) is 14.3. The highest BCUT2D eigenvalue weighted by Crippen LogP contribution is 2.19. The SMILES string of the molecule is Cc1occc1CN(C)S(=O)(=O)c1ccc(C#N)cc1. The first-order valence-electron chi connectivity index (χ1n) is 5.94. The third kappa shape index (κ3) is 2.74. The van der Waals surface area contributed by atoms with Gasteiger partial charge in [0.1, 0.15) is 5.76 Å². The van der Waals surface area contributed by atoms with Crippen molar-refractivity contribution in [1.82, 2.24) is 4.31 Å². The fraction of sp³-hybridized carbons (Fsp3) is 0.214. The lowest BCUT2D eigenvalue weighted by molar-refractivity contribution is 0.459.